The molecule has 0 saturated carbocycles. The Morgan fingerprint density at radius 3 is 2.41 bits per heavy atom. The molecule has 1 N–H and O–H groups in total. The van der Waals surface area contributed by atoms with Crippen LogP contribution < -0.4 is 9.47 Å². The number of likely N-dealkylation sites (tertiary alicyclic amines) is 2. The molecule has 3 saturated heterocycles. The first kappa shape index (κ1) is 25.6. The van der Waals surface area contributed by atoms with Crippen molar-refractivity contribution in [3.8, 4) is 11.5 Å². The van der Waals surface area contributed by atoms with Crippen molar-refractivity contribution < 1.29 is 28.1 Å². The molecular formula is C25H39F2N3O4. The molecular weight excluding hydrogens is 444 g/mol. The Morgan fingerprint density at radius 2 is 1.68 bits per heavy atom. The van der Waals surface area contributed by atoms with Gasteiger partial charge in [-0.25, -0.2) is 8.78 Å². The third kappa shape index (κ3) is 7.24. The number of halogens is 2. The number of alkyl halides is 2. The highest BCUT2D eigenvalue weighted by atomic mass is 19.3. The van der Waals surface area contributed by atoms with Crippen LogP contribution in [0.5, 0.6) is 11.5 Å². The minimum atomic E-state index is -2.56. The summed E-state index contributed by atoms with van der Waals surface area (Å²) in [6.45, 7) is 10.6. The fraction of sp³-hybridized carbons (Fsp3) is 0.760. The molecule has 7 nitrogen and oxygen atoms in total. The molecule has 1 aromatic rings. The summed E-state index contributed by atoms with van der Waals surface area (Å²) in [6.07, 6.45) is 0.419. The fourth-order valence-electron chi connectivity index (χ4n) is 5.07. The summed E-state index contributed by atoms with van der Waals surface area (Å²) in [5, 5.41) is 11.1. The minimum absolute atomic E-state index is 0.117. The highest BCUT2D eigenvalue weighted by Crippen LogP contribution is 2.32. The lowest BCUT2D eigenvalue weighted by molar-refractivity contribution is -0.0724. The molecule has 0 spiro atoms. The van der Waals surface area contributed by atoms with Crippen molar-refractivity contribution in [2.75, 3.05) is 78.8 Å². The minimum Gasteiger partial charge on any atom is -0.490 e. The summed E-state index contributed by atoms with van der Waals surface area (Å²) < 4.78 is 44.1. The van der Waals surface area contributed by atoms with Crippen molar-refractivity contribution in [3.05, 3.63) is 23.8 Å². The summed E-state index contributed by atoms with van der Waals surface area (Å²) >= 11 is 0. The van der Waals surface area contributed by atoms with E-state index in [1.54, 1.807) is 0 Å². The van der Waals surface area contributed by atoms with Crippen molar-refractivity contribution in [2.24, 2.45) is 0 Å². The number of nitrogens with zero attached hydrogens (tertiary/aromatic N) is 3. The van der Waals surface area contributed by atoms with Crippen LogP contribution in [-0.2, 0) is 11.3 Å². The van der Waals surface area contributed by atoms with Crippen LogP contribution in [0.1, 0.15) is 31.7 Å². The van der Waals surface area contributed by atoms with Gasteiger partial charge in [-0.05, 0) is 31.0 Å². The van der Waals surface area contributed by atoms with Crippen molar-refractivity contribution in [2.45, 2.75) is 44.3 Å². The van der Waals surface area contributed by atoms with Crippen LogP contribution in [0.3, 0.4) is 0 Å². The molecule has 1 atom stereocenters. The highest BCUT2D eigenvalue weighted by molar-refractivity contribution is 5.43. The number of hydrogen-bond acceptors (Lipinski definition) is 7. The van der Waals surface area contributed by atoms with Gasteiger partial charge in [0, 0.05) is 71.7 Å². The second-order valence-electron chi connectivity index (χ2n) is 9.83. The number of aliphatic hydroxyl groups is 1. The second kappa shape index (κ2) is 11.5. The Labute approximate surface area is 201 Å². The SMILES string of the molecule is CCOc1cc(CN2CCC(O)(CN3CCC(F)(F)CC3)C2)ccc1OCCN1CCOCC1. The van der Waals surface area contributed by atoms with Gasteiger partial charge in [-0.1, -0.05) is 6.07 Å². The lowest BCUT2D eigenvalue weighted by Gasteiger charge is -2.36. The Morgan fingerprint density at radius 1 is 0.941 bits per heavy atom. The van der Waals surface area contributed by atoms with E-state index in [9.17, 15) is 13.9 Å². The second-order valence-corrected chi connectivity index (χ2v) is 9.83. The quantitative estimate of drug-likeness (QED) is 0.549. The van der Waals surface area contributed by atoms with Crippen molar-refractivity contribution in [1.29, 1.82) is 0 Å². The van der Waals surface area contributed by atoms with Crippen LogP contribution in [-0.4, -0.2) is 110 Å². The molecule has 1 unspecified atom stereocenters. The molecule has 3 fully saturated rings. The fourth-order valence-corrected chi connectivity index (χ4v) is 5.07. The molecule has 4 rings (SSSR count). The van der Waals surface area contributed by atoms with Gasteiger partial charge in [0.15, 0.2) is 11.5 Å². The van der Waals surface area contributed by atoms with Gasteiger partial charge < -0.3 is 19.3 Å². The molecule has 0 aliphatic carbocycles. The maximum Gasteiger partial charge on any atom is 0.250 e. The van der Waals surface area contributed by atoms with Crippen LogP contribution in [0.4, 0.5) is 8.78 Å². The maximum absolute atomic E-state index is 13.4. The Hall–Kier alpha value is -1.52. The van der Waals surface area contributed by atoms with E-state index >= 15 is 0 Å². The van der Waals surface area contributed by atoms with E-state index in [1.807, 2.05) is 24.0 Å². The number of morpholine rings is 1. The zero-order valence-electron chi connectivity index (χ0n) is 20.3. The van der Waals surface area contributed by atoms with Gasteiger partial charge in [0.05, 0.1) is 25.4 Å². The van der Waals surface area contributed by atoms with Crippen LogP contribution in [0.15, 0.2) is 18.2 Å². The van der Waals surface area contributed by atoms with Crippen LogP contribution in [0.25, 0.3) is 0 Å². The van der Waals surface area contributed by atoms with Crippen LogP contribution >= 0.6 is 0 Å². The lowest BCUT2D eigenvalue weighted by atomic mass is 10.00. The van der Waals surface area contributed by atoms with E-state index in [0.717, 1.165) is 56.5 Å². The largest absolute Gasteiger partial charge is 0.490 e. The van der Waals surface area contributed by atoms with Crippen molar-refractivity contribution in [3.63, 3.8) is 0 Å². The Balaban J connectivity index is 1.27. The van der Waals surface area contributed by atoms with Crippen molar-refractivity contribution >= 4 is 0 Å². The van der Waals surface area contributed by atoms with Crippen LogP contribution in [0.2, 0.25) is 0 Å². The lowest BCUT2D eigenvalue weighted by Crippen LogP contribution is -2.49. The molecule has 0 amide bonds. The first-order valence-corrected chi connectivity index (χ1v) is 12.6. The maximum atomic E-state index is 13.4. The van der Waals surface area contributed by atoms with Crippen molar-refractivity contribution in [1.82, 2.24) is 14.7 Å². The summed E-state index contributed by atoms with van der Waals surface area (Å²) in [6, 6.07) is 6.05. The standard InChI is InChI=1S/C25H39F2N3O4/c1-2-33-23-17-21(3-4-22(23)34-16-13-28-11-14-32-15-12-28)18-30-8-5-24(31,20-30)19-29-9-6-25(26,27)7-10-29/h3-4,17,31H,2,5-16,18-20H2,1H3. The predicted octanol–water partition coefficient (Wildman–Crippen LogP) is 2.46. The average Bonchev–Trinajstić information content (AvgIpc) is 3.17. The van der Waals surface area contributed by atoms with Gasteiger partial charge in [0.1, 0.15) is 6.61 Å². The molecule has 9 heteroatoms. The summed E-state index contributed by atoms with van der Waals surface area (Å²) in [4.78, 5) is 6.54. The number of ether oxygens (including phenoxy) is 3. The third-order valence-corrected chi connectivity index (χ3v) is 7.00. The molecule has 0 radical (unpaired) electrons. The monoisotopic (exact) mass is 483 g/mol. The molecule has 1 aromatic carbocycles. The zero-order chi connectivity index (χ0) is 24.0. The molecule has 0 aromatic heterocycles. The van der Waals surface area contributed by atoms with Gasteiger partial charge in [0.2, 0.25) is 0 Å². The van der Waals surface area contributed by atoms with E-state index in [0.29, 0.717) is 52.4 Å². The van der Waals surface area contributed by atoms with Gasteiger partial charge >= 0.3 is 0 Å². The van der Waals surface area contributed by atoms with Gasteiger partial charge in [-0.3, -0.25) is 14.7 Å². The first-order valence-electron chi connectivity index (χ1n) is 12.6. The number of rotatable bonds is 10. The van der Waals surface area contributed by atoms with Crippen LogP contribution in [0, 0.1) is 0 Å². The summed E-state index contributed by atoms with van der Waals surface area (Å²) in [7, 11) is 0. The smallest absolute Gasteiger partial charge is 0.250 e. The predicted molar refractivity (Wildman–Crippen MR) is 126 cm³/mol. The number of benzene rings is 1. The number of hydrogen-bond donors (Lipinski definition) is 1. The zero-order valence-corrected chi connectivity index (χ0v) is 20.3. The Bertz CT molecular complexity index is 783. The normalized spacial score (nSPS) is 26.6. The topological polar surface area (TPSA) is 57.6 Å². The molecule has 34 heavy (non-hydrogen) atoms. The van der Waals surface area contributed by atoms with Gasteiger partial charge in [0.25, 0.3) is 5.92 Å². The summed E-state index contributed by atoms with van der Waals surface area (Å²) in [5.74, 6) is -1.07. The van der Waals surface area contributed by atoms with Gasteiger partial charge in [-0.2, -0.15) is 0 Å². The average molecular weight is 484 g/mol. The van der Waals surface area contributed by atoms with E-state index in [1.165, 1.54) is 0 Å². The van der Waals surface area contributed by atoms with E-state index in [2.05, 4.69) is 15.9 Å². The molecule has 3 aliphatic heterocycles. The summed E-state index contributed by atoms with van der Waals surface area (Å²) in [5.41, 5.74) is 0.253. The van der Waals surface area contributed by atoms with E-state index in [4.69, 9.17) is 14.2 Å². The molecule has 0 bridgehead atoms. The number of β-amino-alcohol motifs (C(OH)–C–C–N with tert-alkyl or cyclic N) is 1. The van der Waals surface area contributed by atoms with Gasteiger partial charge in [-0.15, -0.1) is 0 Å². The van der Waals surface area contributed by atoms with E-state index < -0.39 is 11.5 Å². The third-order valence-electron chi connectivity index (χ3n) is 7.00. The highest BCUT2D eigenvalue weighted by Gasteiger charge is 2.40. The Kier molecular flexibility index (Phi) is 8.63. The molecule has 192 valence electrons. The molecule has 3 heterocycles. The van der Waals surface area contributed by atoms with E-state index in [-0.39, 0.29) is 12.8 Å². The molecule has 3 aliphatic rings. The number of piperidine rings is 1. The first-order chi connectivity index (χ1) is 16.3.